The van der Waals surface area contributed by atoms with Crippen LogP contribution in [-0.4, -0.2) is 29.9 Å². The zero-order chi connectivity index (χ0) is 21.5. The van der Waals surface area contributed by atoms with Crippen molar-refractivity contribution in [2.75, 3.05) is 18.9 Å². The van der Waals surface area contributed by atoms with Crippen molar-refractivity contribution in [3.05, 3.63) is 58.7 Å². The first-order chi connectivity index (χ1) is 15.0. The van der Waals surface area contributed by atoms with E-state index in [0.717, 1.165) is 16.3 Å². The minimum Gasteiger partial charge on any atom is -0.486 e. The summed E-state index contributed by atoms with van der Waals surface area (Å²) >= 11 is 1.23. The molecule has 1 aromatic carbocycles. The number of Topliss-reactive ketones (excluding diaryl/α,β-unsaturated/α-hetero) is 1. The number of benzene rings is 1. The number of allylic oxidation sites excluding steroid dienone is 5. The van der Waals surface area contributed by atoms with Crippen LogP contribution >= 0.6 is 11.3 Å². The van der Waals surface area contributed by atoms with Crippen LogP contribution in [0.2, 0.25) is 0 Å². The Labute approximate surface area is 181 Å². The van der Waals surface area contributed by atoms with Crippen LogP contribution < -0.4 is 20.5 Å². The van der Waals surface area contributed by atoms with Gasteiger partial charge in [0.2, 0.25) is 0 Å². The van der Waals surface area contributed by atoms with E-state index in [1.165, 1.54) is 18.3 Å². The molecule has 2 aromatic heterocycles. The number of ether oxygens (including phenoxy) is 2. The summed E-state index contributed by atoms with van der Waals surface area (Å²) in [7, 11) is 0. The van der Waals surface area contributed by atoms with Gasteiger partial charge in [0.1, 0.15) is 22.9 Å². The maximum Gasteiger partial charge on any atom is 0.267 e. The number of carbonyl (C=O) groups is 2. The zero-order valence-electron chi connectivity index (χ0n) is 16.7. The van der Waals surface area contributed by atoms with Crippen LogP contribution in [0.4, 0.5) is 5.69 Å². The van der Waals surface area contributed by atoms with Crippen LogP contribution in [0.1, 0.15) is 23.0 Å². The average Bonchev–Trinajstić information content (AvgIpc) is 2.92. The van der Waals surface area contributed by atoms with E-state index in [1.807, 2.05) is 30.4 Å². The van der Waals surface area contributed by atoms with Gasteiger partial charge in [-0.25, -0.2) is 4.98 Å². The summed E-state index contributed by atoms with van der Waals surface area (Å²) in [6, 6.07) is 5.64. The van der Waals surface area contributed by atoms with Crippen LogP contribution in [0.5, 0.6) is 11.5 Å². The van der Waals surface area contributed by atoms with Gasteiger partial charge in [-0.05, 0) is 31.6 Å². The molecule has 0 saturated heterocycles. The second kappa shape index (κ2) is 7.55. The van der Waals surface area contributed by atoms with E-state index in [2.05, 4.69) is 10.3 Å². The van der Waals surface area contributed by atoms with Crippen molar-refractivity contribution in [1.82, 2.24) is 10.3 Å². The van der Waals surface area contributed by atoms with Crippen molar-refractivity contribution in [3.8, 4) is 11.5 Å². The molecule has 0 fully saturated rings. The highest BCUT2D eigenvalue weighted by Gasteiger charge is 2.20. The highest BCUT2D eigenvalue weighted by Crippen LogP contribution is 2.39. The maximum absolute atomic E-state index is 13.0. The fourth-order valence-corrected chi connectivity index (χ4v) is 4.54. The number of ketones is 1. The van der Waals surface area contributed by atoms with E-state index in [-0.39, 0.29) is 11.7 Å². The molecular formula is C23H19N3O4S. The molecule has 0 bridgehead atoms. The number of pyridine rings is 1. The number of aromatic nitrogens is 1. The predicted octanol–water partition coefficient (Wildman–Crippen LogP) is 3.89. The van der Waals surface area contributed by atoms with Crippen LogP contribution in [0.15, 0.2) is 53.8 Å². The van der Waals surface area contributed by atoms with Crippen LogP contribution in [-0.2, 0) is 4.79 Å². The third kappa shape index (κ3) is 3.55. The van der Waals surface area contributed by atoms with E-state index in [4.69, 9.17) is 15.2 Å². The van der Waals surface area contributed by atoms with Gasteiger partial charge in [-0.2, -0.15) is 0 Å². The number of hydrogen-bond donors (Lipinski definition) is 2. The second-order valence-electron chi connectivity index (χ2n) is 7.28. The van der Waals surface area contributed by atoms with Gasteiger partial charge in [0.05, 0.1) is 11.2 Å². The highest BCUT2D eigenvalue weighted by molar-refractivity contribution is 7.21. The number of hydrogen-bond acceptors (Lipinski definition) is 7. The number of nitrogens with zero attached hydrogens (tertiary/aromatic N) is 1. The summed E-state index contributed by atoms with van der Waals surface area (Å²) in [5, 5.41) is 4.44. The molecule has 3 heterocycles. The quantitative estimate of drug-likeness (QED) is 0.649. The molecule has 156 valence electrons. The number of nitrogens with two attached hydrogens (primary N) is 1. The van der Waals surface area contributed by atoms with Crippen molar-refractivity contribution < 1.29 is 19.1 Å². The maximum atomic E-state index is 13.0. The molecule has 0 atom stereocenters. The lowest BCUT2D eigenvalue weighted by atomic mass is 10.1. The average molecular weight is 433 g/mol. The zero-order valence-corrected chi connectivity index (χ0v) is 17.5. The van der Waals surface area contributed by atoms with E-state index >= 15 is 0 Å². The molecule has 5 rings (SSSR count). The Bertz CT molecular complexity index is 1350. The summed E-state index contributed by atoms with van der Waals surface area (Å²) in [4.78, 5) is 30.4. The van der Waals surface area contributed by atoms with Gasteiger partial charge in [0, 0.05) is 28.1 Å². The largest absolute Gasteiger partial charge is 0.486 e. The number of amides is 1. The lowest BCUT2D eigenvalue weighted by molar-refractivity contribution is -0.113. The van der Waals surface area contributed by atoms with Gasteiger partial charge in [0.25, 0.3) is 5.91 Å². The van der Waals surface area contributed by atoms with E-state index in [9.17, 15) is 9.59 Å². The van der Waals surface area contributed by atoms with Gasteiger partial charge in [0.15, 0.2) is 17.3 Å². The lowest BCUT2D eigenvalue weighted by Crippen LogP contribution is -2.22. The summed E-state index contributed by atoms with van der Waals surface area (Å²) in [6.07, 6.45) is 7.78. The third-order valence-corrected chi connectivity index (χ3v) is 6.24. The Balaban J connectivity index is 1.51. The number of fused-ring (bicyclic) bond motifs is 3. The van der Waals surface area contributed by atoms with Crippen molar-refractivity contribution in [3.63, 3.8) is 0 Å². The van der Waals surface area contributed by atoms with Crippen LogP contribution in [0.3, 0.4) is 0 Å². The first-order valence-corrected chi connectivity index (χ1v) is 10.6. The Kier molecular flexibility index (Phi) is 4.71. The summed E-state index contributed by atoms with van der Waals surface area (Å²) in [6.45, 7) is 2.50. The molecule has 0 spiro atoms. The topological polar surface area (TPSA) is 104 Å². The second-order valence-corrected chi connectivity index (χ2v) is 8.28. The molecule has 1 aliphatic heterocycles. The molecule has 0 unspecified atom stereocenters. The molecule has 3 aromatic rings. The fourth-order valence-electron chi connectivity index (χ4n) is 3.57. The van der Waals surface area contributed by atoms with Gasteiger partial charge in [-0.1, -0.05) is 18.2 Å². The van der Waals surface area contributed by atoms with Crippen molar-refractivity contribution in [2.24, 2.45) is 0 Å². The van der Waals surface area contributed by atoms with Crippen LogP contribution in [0.25, 0.3) is 21.1 Å². The van der Waals surface area contributed by atoms with E-state index < -0.39 is 0 Å². The van der Waals surface area contributed by atoms with E-state index in [0.29, 0.717) is 57.8 Å². The van der Waals surface area contributed by atoms with Crippen LogP contribution in [0, 0.1) is 0 Å². The third-order valence-electron chi connectivity index (χ3n) is 5.13. The molecule has 0 radical (unpaired) electrons. The molecular weight excluding hydrogens is 414 g/mol. The van der Waals surface area contributed by atoms with Crippen molar-refractivity contribution >= 4 is 49.8 Å². The van der Waals surface area contributed by atoms with Gasteiger partial charge < -0.3 is 20.5 Å². The van der Waals surface area contributed by atoms with Gasteiger partial charge >= 0.3 is 0 Å². The number of rotatable bonds is 3. The molecule has 7 nitrogen and oxygen atoms in total. The van der Waals surface area contributed by atoms with Crippen molar-refractivity contribution in [1.29, 1.82) is 0 Å². The number of anilines is 1. The minimum absolute atomic E-state index is 0.0637. The summed E-state index contributed by atoms with van der Waals surface area (Å²) in [5.41, 5.74) is 8.56. The number of carbonyl (C=O) groups excluding carboxylic acids is 2. The number of nitrogen functional groups attached to an aromatic ring is 1. The van der Waals surface area contributed by atoms with Crippen molar-refractivity contribution in [2.45, 2.75) is 13.3 Å². The Hall–Kier alpha value is -3.65. The molecule has 8 heteroatoms. The highest BCUT2D eigenvalue weighted by atomic mass is 32.1. The molecule has 3 N–H and O–H groups in total. The number of nitrogens with one attached hydrogen (secondary N) is 1. The standard InChI is InChI=1S/C23H19N3O4S/c1-12(27)13-4-2-3-5-15(8-13)25-22(28)21-20(24)16-9-14-10-18-19(30-7-6-29-18)11-17(14)26-23(16)31-21/h2,4-5,8-11H,3,6-7,24H2,1H3,(H,25,28). The fraction of sp³-hybridized carbons (Fsp3) is 0.174. The summed E-state index contributed by atoms with van der Waals surface area (Å²) < 4.78 is 11.3. The SMILES string of the molecule is CC(=O)C1=CC(NC(=O)c2sc3nc4cc5c(cc4cc3c2N)OCCO5)=CCC=C1. The Morgan fingerprint density at radius 2 is 1.94 bits per heavy atom. The first-order valence-electron chi connectivity index (χ1n) is 9.82. The van der Waals surface area contributed by atoms with Gasteiger partial charge in [-0.15, -0.1) is 11.3 Å². The smallest absolute Gasteiger partial charge is 0.267 e. The predicted molar refractivity (Wildman–Crippen MR) is 121 cm³/mol. The Morgan fingerprint density at radius 3 is 2.71 bits per heavy atom. The molecule has 0 saturated carbocycles. The molecule has 1 aliphatic carbocycles. The summed E-state index contributed by atoms with van der Waals surface area (Å²) in [5.74, 6) is 0.942. The minimum atomic E-state index is -0.331. The Morgan fingerprint density at radius 1 is 1.16 bits per heavy atom. The molecule has 1 amide bonds. The first kappa shape index (κ1) is 19.3. The normalized spacial score (nSPS) is 15.4. The molecule has 31 heavy (non-hydrogen) atoms. The lowest BCUT2D eigenvalue weighted by Gasteiger charge is -2.18. The molecule has 2 aliphatic rings. The van der Waals surface area contributed by atoms with E-state index in [1.54, 1.807) is 12.2 Å². The monoisotopic (exact) mass is 433 g/mol. The van der Waals surface area contributed by atoms with Gasteiger partial charge in [-0.3, -0.25) is 9.59 Å². The number of thiophene rings is 1.